The Labute approximate surface area is 74.7 Å². The van der Waals surface area contributed by atoms with E-state index in [4.69, 9.17) is 5.73 Å². The van der Waals surface area contributed by atoms with Gasteiger partial charge in [-0.3, -0.25) is 9.42 Å². The number of hydrogen-bond donors (Lipinski definition) is 2. The van der Waals surface area contributed by atoms with Crippen LogP contribution in [0.4, 0.5) is 17.5 Å². The third-order valence-electron chi connectivity index (χ3n) is 1.21. The van der Waals surface area contributed by atoms with Gasteiger partial charge in [-0.1, -0.05) is 0 Å². The average Bonchev–Trinajstić information content (AvgIpc) is 2.72. The van der Waals surface area contributed by atoms with Crippen molar-refractivity contribution >= 4 is 17.5 Å². The summed E-state index contributed by atoms with van der Waals surface area (Å²) in [6, 6.07) is 0. The van der Waals surface area contributed by atoms with Crippen LogP contribution in [-0.2, 0) is 0 Å². The van der Waals surface area contributed by atoms with Crippen molar-refractivity contribution in [3.63, 3.8) is 0 Å². The Morgan fingerprint density at radius 3 is 2.57 bits per heavy atom. The number of aromatic amines is 1. The summed E-state index contributed by atoms with van der Waals surface area (Å²) < 4.78 is 8.45. The van der Waals surface area contributed by atoms with Gasteiger partial charge in [-0.15, -0.1) is 10.2 Å². The second-order valence-electron chi connectivity index (χ2n) is 2.11. The molecule has 2 heterocycles. The van der Waals surface area contributed by atoms with Crippen molar-refractivity contribution in [1.82, 2.24) is 20.6 Å². The van der Waals surface area contributed by atoms with Crippen molar-refractivity contribution in [3.8, 4) is 0 Å². The summed E-state index contributed by atoms with van der Waals surface area (Å²) in [5, 5.41) is 18.6. The molecule has 14 heavy (non-hydrogen) atoms. The van der Waals surface area contributed by atoms with Gasteiger partial charge >= 0.3 is 5.56 Å². The highest BCUT2D eigenvalue weighted by Crippen LogP contribution is 2.16. The van der Waals surface area contributed by atoms with Crippen molar-refractivity contribution in [3.05, 3.63) is 10.4 Å². The molecule has 10 nitrogen and oxygen atoms in total. The molecule has 72 valence electrons. The van der Waals surface area contributed by atoms with Crippen molar-refractivity contribution in [2.45, 2.75) is 0 Å². The number of rotatable bonds is 2. The van der Waals surface area contributed by atoms with Crippen LogP contribution in [0.15, 0.2) is 24.3 Å². The minimum absolute atomic E-state index is 0.0336. The summed E-state index contributed by atoms with van der Waals surface area (Å²) in [7, 11) is 0. The van der Waals surface area contributed by atoms with E-state index >= 15 is 0 Å². The van der Waals surface area contributed by atoms with Gasteiger partial charge < -0.3 is 5.73 Å². The van der Waals surface area contributed by atoms with Crippen molar-refractivity contribution in [1.29, 1.82) is 0 Å². The lowest BCUT2D eigenvalue weighted by atomic mass is 10.7. The largest absolute Gasteiger partial charge is 0.378 e. The number of nitrogens with two attached hydrogens (primary N) is 1. The summed E-state index contributed by atoms with van der Waals surface area (Å²) in [6.45, 7) is 0. The Hall–Kier alpha value is -2.52. The first-order chi connectivity index (χ1) is 6.77. The van der Waals surface area contributed by atoms with Crippen LogP contribution in [-0.4, -0.2) is 20.6 Å². The first kappa shape index (κ1) is 8.10. The summed E-state index contributed by atoms with van der Waals surface area (Å²) in [5.41, 5.74) is 4.66. The van der Waals surface area contributed by atoms with Crippen LogP contribution in [0.5, 0.6) is 0 Å². The average molecular weight is 197 g/mol. The number of nitrogen functional groups attached to an aromatic ring is 1. The lowest BCUT2D eigenvalue weighted by Gasteiger charge is -1.79. The summed E-state index contributed by atoms with van der Waals surface area (Å²) in [6.07, 6.45) is 0. The number of nitrogens with zero attached hydrogens (tertiary/aromatic N) is 5. The fourth-order valence-corrected chi connectivity index (χ4v) is 0.613. The fraction of sp³-hybridized carbons (Fsp3) is 0. The van der Waals surface area contributed by atoms with Gasteiger partial charge in [0.15, 0.2) is 0 Å². The Balaban J connectivity index is 2.28. The first-order valence-electron chi connectivity index (χ1n) is 3.31. The molecule has 2 aromatic rings. The molecule has 0 aliphatic rings. The van der Waals surface area contributed by atoms with Crippen LogP contribution in [0.2, 0.25) is 0 Å². The van der Waals surface area contributed by atoms with Gasteiger partial charge in [0.1, 0.15) is 0 Å². The van der Waals surface area contributed by atoms with Gasteiger partial charge in [-0.25, -0.2) is 4.63 Å². The summed E-state index contributed by atoms with van der Waals surface area (Å²) in [5.74, 6) is -0.312. The minimum atomic E-state index is -0.608. The third kappa shape index (κ3) is 1.35. The number of hydrogen-bond acceptors (Lipinski definition) is 9. The van der Waals surface area contributed by atoms with Gasteiger partial charge in [0.2, 0.25) is 5.82 Å². The maximum atomic E-state index is 10.8. The Morgan fingerprint density at radius 2 is 2.00 bits per heavy atom. The van der Waals surface area contributed by atoms with E-state index in [1.807, 2.05) is 5.16 Å². The molecule has 0 saturated heterocycles. The number of nitrogens with one attached hydrogen (secondary N) is 1. The van der Waals surface area contributed by atoms with E-state index in [1.165, 1.54) is 0 Å². The molecule has 0 unspecified atom stereocenters. The van der Waals surface area contributed by atoms with E-state index in [0.29, 0.717) is 0 Å². The van der Waals surface area contributed by atoms with Crippen LogP contribution < -0.4 is 11.3 Å². The highest BCUT2D eigenvalue weighted by Gasteiger charge is 2.06. The number of aromatic nitrogens is 4. The van der Waals surface area contributed by atoms with Gasteiger partial charge in [0.25, 0.3) is 11.6 Å². The highest BCUT2D eigenvalue weighted by atomic mass is 16.6. The first-order valence-corrected chi connectivity index (χ1v) is 3.31. The predicted octanol–water partition coefficient (Wildman–Crippen LogP) is -0.257. The molecule has 0 aliphatic carbocycles. The molecule has 0 aliphatic heterocycles. The van der Waals surface area contributed by atoms with Crippen LogP contribution in [0.25, 0.3) is 0 Å². The van der Waals surface area contributed by atoms with Gasteiger partial charge in [-0.05, 0) is 15.5 Å². The molecule has 2 rings (SSSR count). The van der Waals surface area contributed by atoms with E-state index in [2.05, 4.69) is 35.0 Å². The fourth-order valence-electron chi connectivity index (χ4n) is 0.613. The second-order valence-corrected chi connectivity index (χ2v) is 2.11. The van der Waals surface area contributed by atoms with Crippen molar-refractivity contribution < 1.29 is 9.26 Å². The Kier molecular flexibility index (Phi) is 1.78. The molecule has 0 saturated carbocycles. The van der Waals surface area contributed by atoms with E-state index in [9.17, 15) is 4.79 Å². The topological polar surface area (TPSA) is 149 Å². The van der Waals surface area contributed by atoms with Crippen molar-refractivity contribution in [2.24, 2.45) is 10.2 Å². The van der Waals surface area contributed by atoms with Gasteiger partial charge in [0.05, 0.1) is 0 Å². The number of H-pyrrole nitrogens is 1. The normalized spacial score (nSPS) is 11.1. The van der Waals surface area contributed by atoms with Crippen LogP contribution in [0.1, 0.15) is 0 Å². The monoisotopic (exact) mass is 197 g/mol. The van der Waals surface area contributed by atoms with E-state index in [0.717, 1.165) is 0 Å². The molecule has 3 N–H and O–H groups in total. The van der Waals surface area contributed by atoms with E-state index < -0.39 is 5.56 Å². The SMILES string of the molecule is Nc1nonc1N=Nc1no[nH]c1=O. The lowest BCUT2D eigenvalue weighted by Crippen LogP contribution is -1.95. The van der Waals surface area contributed by atoms with Crippen LogP contribution in [0.3, 0.4) is 0 Å². The molecule has 0 bridgehead atoms. The molecule has 0 fully saturated rings. The van der Waals surface area contributed by atoms with Crippen LogP contribution in [0, 0.1) is 0 Å². The molecule has 10 heteroatoms. The molecule has 0 aromatic carbocycles. The third-order valence-corrected chi connectivity index (χ3v) is 1.21. The zero-order chi connectivity index (χ0) is 9.97. The standard InChI is InChI=1S/C4H3N7O3/c5-1-2(9-13-8-1)6-7-3-4(12)11-14-10-3/h(H2,5,8)(H,11,12). The maximum absolute atomic E-state index is 10.8. The van der Waals surface area contributed by atoms with Gasteiger partial charge in [-0.2, -0.15) is 5.16 Å². The smallest absolute Gasteiger partial charge is 0.329 e. The van der Waals surface area contributed by atoms with Gasteiger partial charge in [0, 0.05) is 0 Å². The molecule has 0 atom stereocenters. The number of anilines is 1. The lowest BCUT2D eigenvalue weighted by molar-refractivity contribution is 0.304. The van der Waals surface area contributed by atoms with E-state index in [1.54, 1.807) is 0 Å². The summed E-state index contributed by atoms with van der Waals surface area (Å²) >= 11 is 0. The molecule has 0 spiro atoms. The zero-order valence-corrected chi connectivity index (χ0v) is 6.54. The van der Waals surface area contributed by atoms with Crippen LogP contribution >= 0.6 is 0 Å². The summed E-state index contributed by atoms with van der Waals surface area (Å²) in [4.78, 5) is 10.8. The zero-order valence-electron chi connectivity index (χ0n) is 6.54. The predicted molar refractivity (Wildman–Crippen MR) is 40.0 cm³/mol. The second kappa shape index (κ2) is 3.08. The maximum Gasteiger partial charge on any atom is 0.329 e. The molecule has 0 radical (unpaired) electrons. The molecular formula is C4H3N7O3. The molecule has 2 aromatic heterocycles. The Bertz CT molecular complexity index is 507. The van der Waals surface area contributed by atoms with Crippen molar-refractivity contribution in [2.75, 3.05) is 5.73 Å². The van der Waals surface area contributed by atoms with E-state index in [-0.39, 0.29) is 17.5 Å². The number of azo groups is 1. The minimum Gasteiger partial charge on any atom is -0.378 e. The molecule has 0 amide bonds. The highest BCUT2D eigenvalue weighted by molar-refractivity contribution is 5.48. The molecular weight excluding hydrogens is 194 g/mol. The Morgan fingerprint density at radius 1 is 1.21 bits per heavy atom. The quantitative estimate of drug-likeness (QED) is 0.629.